The number of benzene rings is 2. The smallest absolute Gasteiger partial charge is 0.317 e. The maximum Gasteiger partial charge on any atom is 0.317 e. The van der Waals surface area contributed by atoms with Crippen LogP contribution >= 0.6 is 0 Å². The minimum absolute atomic E-state index is 0.000436. The predicted molar refractivity (Wildman–Crippen MR) is 162 cm³/mol. The molecular weight excluding hydrogens is 524 g/mol. The maximum absolute atomic E-state index is 13.9. The molecular formula is C35H44N4O3. The fraction of sp³-hybridized carbons (Fsp3) is 0.629. The van der Waals surface area contributed by atoms with E-state index in [1.165, 1.54) is 42.0 Å². The summed E-state index contributed by atoms with van der Waals surface area (Å²) in [5.74, 6) is 1.97. The van der Waals surface area contributed by atoms with E-state index in [1.807, 2.05) is 4.90 Å². The van der Waals surface area contributed by atoms with E-state index >= 15 is 0 Å². The minimum Gasteiger partial charge on any atom is -0.336 e. The van der Waals surface area contributed by atoms with Crippen molar-refractivity contribution in [3.8, 4) is 0 Å². The van der Waals surface area contributed by atoms with Crippen LogP contribution < -0.4 is 5.32 Å². The van der Waals surface area contributed by atoms with Crippen molar-refractivity contribution >= 4 is 28.6 Å². The fourth-order valence-corrected chi connectivity index (χ4v) is 10.5. The molecule has 6 fully saturated rings. The van der Waals surface area contributed by atoms with Crippen LogP contribution in [0.5, 0.6) is 0 Å². The fourth-order valence-electron chi connectivity index (χ4n) is 10.5. The number of carbonyl (C=O) groups excluding carboxylic acids is 3. The molecule has 3 heterocycles. The third-order valence-corrected chi connectivity index (χ3v) is 12.4. The molecule has 3 saturated carbocycles. The number of urea groups is 1. The molecule has 3 aliphatic carbocycles. The van der Waals surface area contributed by atoms with Gasteiger partial charge in [-0.2, -0.15) is 0 Å². The van der Waals surface area contributed by atoms with Crippen LogP contribution in [0.2, 0.25) is 0 Å². The highest BCUT2D eigenvalue weighted by Gasteiger charge is 2.67. The zero-order valence-corrected chi connectivity index (χ0v) is 24.8. The Kier molecular flexibility index (Phi) is 6.58. The molecule has 7 heteroatoms. The molecule has 7 nitrogen and oxygen atoms in total. The van der Waals surface area contributed by atoms with E-state index in [-0.39, 0.29) is 53.5 Å². The van der Waals surface area contributed by atoms with E-state index < -0.39 is 0 Å². The Bertz CT molecular complexity index is 1400. The molecule has 222 valence electrons. The van der Waals surface area contributed by atoms with E-state index in [0.717, 1.165) is 32.5 Å². The predicted octanol–water partition coefficient (Wildman–Crippen LogP) is 4.72. The van der Waals surface area contributed by atoms with Gasteiger partial charge in [0.1, 0.15) is 0 Å². The van der Waals surface area contributed by atoms with Crippen LogP contribution in [0.25, 0.3) is 10.8 Å². The summed E-state index contributed by atoms with van der Waals surface area (Å²) < 4.78 is 0. The van der Waals surface area contributed by atoms with Crippen LogP contribution in [0.15, 0.2) is 42.5 Å². The molecule has 3 aliphatic heterocycles. The Balaban J connectivity index is 0.908. The molecule has 2 aromatic rings. The van der Waals surface area contributed by atoms with Crippen LogP contribution in [-0.2, 0) is 9.59 Å². The minimum atomic E-state index is -0.218. The van der Waals surface area contributed by atoms with E-state index in [4.69, 9.17) is 0 Å². The Morgan fingerprint density at radius 2 is 1.52 bits per heavy atom. The van der Waals surface area contributed by atoms with Gasteiger partial charge in [-0.05, 0) is 97.0 Å². The Hall–Kier alpha value is -2.93. The van der Waals surface area contributed by atoms with Crippen molar-refractivity contribution in [3.63, 3.8) is 0 Å². The number of hydrogen-bond acceptors (Lipinski definition) is 4. The average molecular weight is 569 g/mol. The molecule has 8 atom stereocenters. The maximum atomic E-state index is 13.9. The summed E-state index contributed by atoms with van der Waals surface area (Å²) in [5, 5.41) is 5.67. The van der Waals surface area contributed by atoms with E-state index in [9.17, 15) is 14.4 Å². The van der Waals surface area contributed by atoms with Crippen molar-refractivity contribution in [1.82, 2.24) is 20.0 Å². The second-order valence-electron chi connectivity index (χ2n) is 14.3. The van der Waals surface area contributed by atoms with Crippen molar-refractivity contribution in [3.05, 3.63) is 48.0 Å². The van der Waals surface area contributed by atoms with Crippen molar-refractivity contribution in [2.24, 2.45) is 41.4 Å². The Labute approximate surface area is 249 Å². The molecule has 0 aromatic heterocycles. The topological polar surface area (TPSA) is 73.0 Å². The number of likely N-dealkylation sites (tertiary alicyclic amines) is 2. The number of rotatable bonds is 6. The molecule has 6 aliphatic rings. The second-order valence-corrected chi connectivity index (χ2v) is 14.3. The first kappa shape index (κ1) is 26.7. The highest BCUT2D eigenvalue weighted by atomic mass is 16.2. The van der Waals surface area contributed by atoms with Gasteiger partial charge < -0.3 is 15.1 Å². The molecule has 2 bridgehead atoms. The first-order valence-corrected chi connectivity index (χ1v) is 16.6. The summed E-state index contributed by atoms with van der Waals surface area (Å²) in [6, 6.07) is 15.6. The van der Waals surface area contributed by atoms with Gasteiger partial charge in [-0.15, -0.1) is 0 Å². The molecule has 2 aromatic carbocycles. The third-order valence-electron chi connectivity index (χ3n) is 12.4. The van der Waals surface area contributed by atoms with E-state index in [1.54, 1.807) is 4.90 Å². The van der Waals surface area contributed by atoms with Crippen molar-refractivity contribution in [1.29, 1.82) is 0 Å². The molecule has 4 amide bonds. The number of nitrogens with zero attached hydrogens (tertiary/aromatic N) is 3. The lowest BCUT2D eigenvalue weighted by molar-refractivity contribution is -0.141. The molecule has 42 heavy (non-hydrogen) atoms. The largest absolute Gasteiger partial charge is 0.336 e. The van der Waals surface area contributed by atoms with Crippen LogP contribution in [0.1, 0.15) is 56.9 Å². The van der Waals surface area contributed by atoms with Gasteiger partial charge in [0.25, 0.3) is 0 Å². The van der Waals surface area contributed by atoms with Gasteiger partial charge in [0.2, 0.25) is 11.8 Å². The lowest BCUT2D eigenvalue weighted by atomic mass is 9.72. The van der Waals surface area contributed by atoms with Crippen LogP contribution in [0.3, 0.4) is 0 Å². The van der Waals surface area contributed by atoms with Crippen LogP contribution in [0.4, 0.5) is 4.79 Å². The second kappa shape index (κ2) is 10.4. The number of imide groups is 1. The summed E-state index contributed by atoms with van der Waals surface area (Å²) >= 11 is 0. The van der Waals surface area contributed by atoms with Gasteiger partial charge in [0, 0.05) is 32.2 Å². The van der Waals surface area contributed by atoms with Crippen molar-refractivity contribution < 1.29 is 14.4 Å². The zero-order valence-electron chi connectivity index (χ0n) is 24.8. The van der Waals surface area contributed by atoms with E-state index in [2.05, 4.69) is 59.6 Å². The van der Waals surface area contributed by atoms with Gasteiger partial charge in [0.15, 0.2) is 0 Å². The Morgan fingerprint density at radius 3 is 2.29 bits per heavy atom. The number of fused-ring (bicyclic) bond motifs is 6. The third kappa shape index (κ3) is 4.13. The van der Waals surface area contributed by atoms with Gasteiger partial charge in [0.05, 0.1) is 11.8 Å². The number of amides is 4. The standard InChI is InChI=1S/C35H44N4O3/c1-21-28-18-29(32(21)38-17-14-36-35(38)42)31-30(28)33(40)39(34(31)41)20-25-9-4-8-24(25)19-37-15-12-23(13-16-37)27-11-5-7-22-6-2-3-10-26(22)27/h2-3,5-7,10-11,21,23-25,28-32H,4,8-9,12-20H2,1H3,(H,36,42)/t21?,24-,25-,28?,29?,30?,31?,32?/m1/s1. The molecule has 6 unspecified atom stereocenters. The van der Waals surface area contributed by atoms with Gasteiger partial charge >= 0.3 is 6.03 Å². The molecule has 3 saturated heterocycles. The lowest BCUT2D eigenvalue weighted by Gasteiger charge is -2.38. The number of nitrogens with one attached hydrogen (secondary N) is 1. The normalized spacial score (nSPS) is 36.9. The lowest BCUT2D eigenvalue weighted by Crippen LogP contribution is -2.50. The van der Waals surface area contributed by atoms with Crippen LogP contribution in [0, 0.1) is 41.4 Å². The summed E-state index contributed by atoms with van der Waals surface area (Å²) in [6.07, 6.45) is 6.80. The number of piperidine rings is 1. The van der Waals surface area contributed by atoms with Crippen LogP contribution in [-0.4, -0.2) is 77.9 Å². The Morgan fingerprint density at radius 1 is 0.810 bits per heavy atom. The van der Waals surface area contributed by atoms with E-state index in [0.29, 0.717) is 37.4 Å². The summed E-state index contributed by atoms with van der Waals surface area (Å²) in [5.41, 5.74) is 1.50. The molecule has 0 radical (unpaired) electrons. The molecule has 0 spiro atoms. The monoisotopic (exact) mass is 568 g/mol. The summed E-state index contributed by atoms with van der Waals surface area (Å²) in [7, 11) is 0. The quantitative estimate of drug-likeness (QED) is 0.512. The van der Waals surface area contributed by atoms with Crippen molar-refractivity contribution in [2.45, 2.75) is 57.4 Å². The molecule has 1 N–H and O–H groups in total. The number of carbonyl (C=O) groups is 3. The van der Waals surface area contributed by atoms with Gasteiger partial charge in [-0.1, -0.05) is 55.8 Å². The van der Waals surface area contributed by atoms with Crippen molar-refractivity contribution in [2.75, 3.05) is 39.3 Å². The number of hydrogen-bond donors (Lipinski definition) is 1. The summed E-state index contributed by atoms with van der Waals surface area (Å²) in [4.78, 5) is 46.4. The first-order valence-electron chi connectivity index (χ1n) is 16.6. The SMILES string of the molecule is CC1C2CC(C3C(=O)N(C[C@H]4CCC[C@@H]4CN4CCC(c5cccc6ccccc56)CC4)C(=O)C23)C1N1CCNC1=O. The summed E-state index contributed by atoms with van der Waals surface area (Å²) in [6.45, 7) is 7.52. The zero-order chi connectivity index (χ0) is 28.5. The van der Waals surface area contributed by atoms with Gasteiger partial charge in [-0.3, -0.25) is 14.5 Å². The average Bonchev–Trinajstić information content (AvgIpc) is 3.82. The van der Waals surface area contributed by atoms with Gasteiger partial charge in [-0.25, -0.2) is 4.79 Å². The highest BCUT2D eigenvalue weighted by molar-refractivity contribution is 6.06. The highest BCUT2D eigenvalue weighted by Crippen LogP contribution is 2.60. The first-order chi connectivity index (χ1) is 20.5. The molecule has 8 rings (SSSR count).